The minimum atomic E-state index is -1.17. The van der Waals surface area contributed by atoms with Gasteiger partial charge in [-0.15, -0.1) is 0 Å². The molecular formula is C32H34N2O9S. The number of hydrogen-bond acceptors (Lipinski definition) is 11. The van der Waals surface area contributed by atoms with Crippen LogP contribution in [0, 0.1) is 6.92 Å². The van der Waals surface area contributed by atoms with Crippen molar-refractivity contribution in [1.29, 1.82) is 0 Å². The SMILES string of the molecule is C=CCOC(=O)c1sc(N2C(=O)C(=O)C(=C(O)c3ccc(OCCCC)cc3)[C@@H]2c2cc(OC)c(OC)c(OC)c2)nc1C. The summed E-state index contributed by atoms with van der Waals surface area (Å²) in [7, 11) is 4.33. The highest BCUT2D eigenvalue weighted by Gasteiger charge is 2.49. The number of benzene rings is 2. The third kappa shape index (κ3) is 6.25. The molecular weight excluding hydrogens is 588 g/mol. The van der Waals surface area contributed by atoms with Crippen molar-refractivity contribution >= 4 is 39.9 Å². The first-order valence-corrected chi connectivity index (χ1v) is 14.6. The maximum absolute atomic E-state index is 13.7. The van der Waals surface area contributed by atoms with Crippen molar-refractivity contribution in [3.8, 4) is 23.0 Å². The number of aryl methyl sites for hydroxylation is 1. The van der Waals surface area contributed by atoms with E-state index in [2.05, 4.69) is 18.5 Å². The van der Waals surface area contributed by atoms with Crippen molar-refractivity contribution in [3.63, 3.8) is 0 Å². The van der Waals surface area contributed by atoms with E-state index >= 15 is 0 Å². The van der Waals surface area contributed by atoms with E-state index in [0.29, 0.717) is 34.9 Å². The van der Waals surface area contributed by atoms with Gasteiger partial charge < -0.3 is 28.8 Å². The van der Waals surface area contributed by atoms with E-state index in [1.54, 1.807) is 43.3 Å². The number of anilines is 1. The number of aliphatic hydroxyl groups is 1. The molecule has 1 fully saturated rings. The highest BCUT2D eigenvalue weighted by Crippen LogP contribution is 2.48. The molecule has 232 valence electrons. The van der Waals surface area contributed by atoms with Crippen LogP contribution in [0.2, 0.25) is 0 Å². The largest absolute Gasteiger partial charge is 0.507 e. The van der Waals surface area contributed by atoms with Crippen LogP contribution in [0.5, 0.6) is 23.0 Å². The average molecular weight is 623 g/mol. The topological polar surface area (TPSA) is 134 Å². The molecule has 1 aromatic heterocycles. The van der Waals surface area contributed by atoms with Crippen LogP contribution in [0.3, 0.4) is 0 Å². The Morgan fingerprint density at radius 2 is 1.75 bits per heavy atom. The van der Waals surface area contributed by atoms with Crippen molar-refractivity contribution in [2.24, 2.45) is 0 Å². The summed E-state index contributed by atoms with van der Waals surface area (Å²) in [6.07, 6.45) is 3.31. The molecule has 1 N–H and O–H groups in total. The van der Waals surface area contributed by atoms with Gasteiger partial charge in [0, 0.05) is 5.56 Å². The minimum absolute atomic E-state index is 0.0100. The van der Waals surface area contributed by atoms with Crippen LogP contribution in [0.25, 0.3) is 5.76 Å². The predicted molar refractivity (Wildman–Crippen MR) is 165 cm³/mol. The van der Waals surface area contributed by atoms with Crippen LogP contribution < -0.4 is 23.8 Å². The fraction of sp³-hybridized carbons (Fsp3) is 0.312. The van der Waals surface area contributed by atoms with Gasteiger partial charge in [-0.05, 0) is 55.3 Å². The number of nitrogens with zero attached hydrogens (tertiary/aromatic N) is 2. The Balaban J connectivity index is 1.90. The summed E-state index contributed by atoms with van der Waals surface area (Å²) in [5.41, 5.74) is 0.784. The normalized spacial score (nSPS) is 15.7. The number of aliphatic hydroxyl groups excluding tert-OH is 1. The van der Waals surface area contributed by atoms with Crippen molar-refractivity contribution in [3.05, 3.63) is 76.3 Å². The molecule has 1 saturated heterocycles. The molecule has 2 aromatic carbocycles. The maximum atomic E-state index is 13.7. The summed E-state index contributed by atoms with van der Waals surface area (Å²) >= 11 is 0.893. The van der Waals surface area contributed by atoms with Crippen molar-refractivity contribution in [2.75, 3.05) is 39.4 Å². The number of ether oxygens (including phenoxy) is 5. The lowest BCUT2D eigenvalue weighted by Gasteiger charge is -2.24. The molecule has 1 aliphatic rings. The van der Waals surface area contributed by atoms with Crippen molar-refractivity contribution in [2.45, 2.75) is 32.7 Å². The van der Waals surface area contributed by atoms with Crippen LogP contribution in [-0.2, 0) is 14.3 Å². The molecule has 0 spiro atoms. The summed E-state index contributed by atoms with van der Waals surface area (Å²) in [6.45, 7) is 7.74. The molecule has 12 heteroatoms. The Hall–Kier alpha value is -4.84. The van der Waals surface area contributed by atoms with Gasteiger partial charge in [-0.25, -0.2) is 9.78 Å². The monoisotopic (exact) mass is 622 g/mol. The quantitative estimate of drug-likeness (QED) is 0.0639. The van der Waals surface area contributed by atoms with Gasteiger partial charge in [0.2, 0.25) is 5.75 Å². The molecule has 0 radical (unpaired) electrons. The summed E-state index contributed by atoms with van der Waals surface area (Å²) in [5, 5.41) is 11.6. The fourth-order valence-electron chi connectivity index (χ4n) is 4.68. The predicted octanol–water partition coefficient (Wildman–Crippen LogP) is 5.63. The molecule has 1 aliphatic heterocycles. The van der Waals surface area contributed by atoms with Gasteiger partial charge in [0.25, 0.3) is 5.78 Å². The molecule has 44 heavy (non-hydrogen) atoms. The zero-order valence-electron chi connectivity index (χ0n) is 25.2. The van der Waals surface area contributed by atoms with Gasteiger partial charge >= 0.3 is 11.9 Å². The molecule has 1 atom stereocenters. The molecule has 11 nitrogen and oxygen atoms in total. The molecule has 0 bridgehead atoms. The lowest BCUT2D eigenvalue weighted by Crippen LogP contribution is -2.29. The Kier molecular flexibility index (Phi) is 10.3. The maximum Gasteiger partial charge on any atom is 0.350 e. The van der Waals surface area contributed by atoms with E-state index in [-0.39, 0.29) is 33.7 Å². The Morgan fingerprint density at radius 1 is 1.09 bits per heavy atom. The number of ketones is 1. The molecule has 2 heterocycles. The lowest BCUT2D eigenvalue weighted by molar-refractivity contribution is -0.132. The number of carbonyl (C=O) groups excluding carboxylic acids is 3. The Morgan fingerprint density at radius 3 is 2.32 bits per heavy atom. The molecule has 0 aliphatic carbocycles. The zero-order chi connectivity index (χ0) is 32.0. The summed E-state index contributed by atoms with van der Waals surface area (Å²) in [4.78, 5) is 45.8. The number of amides is 1. The third-order valence-electron chi connectivity index (χ3n) is 6.85. The van der Waals surface area contributed by atoms with Crippen LogP contribution in [0.1, 0.15) is 52.3 Å². The van der Waals surface area contributed by atoms with Crippen LogP contribution >= 0.6 is 11.3 Å². The van der Waals surface area contributed by atoms with Gasteiger partial charge in [-0.1, -0.05) is 37.3 Å². The number of thiazole rings is 1. The summed E-state index contributed by atoms with van der Waals surface area (Å²) in [5.74, 6) is -1.48. The first-order chi connectivity index (χ1) is 21.2. The first-order valence-electron chi connectivity index (χ1n) is 13.8. The number of methoxy groups -OCH3 is 3. The van der Waals surface area contributed by atoms with Gasteiger partial charge in [0.15, 0.2) is 16.6 Å². The fourth-order valence-corrected chi connectivity index (χ4v) is 5.67. The van der Waals surface area contributed by atoms with E-state index in [0.717, 1.165) is 29.1 Å². The second kappa shape index (κ2) is 14.1. The third-order valence-corrected chi connectivity index (χ3v) is 7.99. The number of esters is 1. The second-order valence-corrected chi connectivity index (χ2v) is 10.6. The first kappa shape index (κ1) is 32.1. The minimum Gasteiger partial charge on any atom is -0.507 e. The number of aromatic nitrogens is 1. The van der Waals surface area contributed by atoms with E-state index in [1.807, 2.05) is 0 Å². The standard InChI is InChI=1S/C32H34N2O9S/c1-7-9-15-42-21-12-10-19(11-13-21)26(35)24-25(20-16-22(39-4)28(41-6)23(17-20)40-5)34(30(37)27(24)36)32-33-18(3)29(44-32)31(38)43-14-8-2/h8,10-13,16-17,25,35H,2,7,9,14-15H2,1,3-6H3/t25-/m0/s1. The van der Waals surface area contributed by atoms with Crippen LogP contribution in [0.4, 0.5) is 5.13 Å². The van der Waals surface area contributed by atoms with Gasteiger partial charge in [0.1, 0.15) is 23.0 Å². The number of unbranched alkanes of at least 4 members (excludes halogenated alkanes) is 1. The molecule has 0 unspecified atom stereocenters. The molecule has 0 saturated carbocycles. The van der Waals surface area contributed by atoms with Crippen LogP contribution in [0.15, 0.2) is 54.6 Å². The van der Waals surface area contributed by atoms with Crippen molar-refractivity contribution in [1.82, 2.24) is 4.98 Å². The lowest BCUT2D eigenvalue weighted by atomic mass is 9.94. The number of Topliss-reactive ketones (excluding diaryl/α,β-unsaturated/α-hetero) is 1. The van der Waals surface area contributed by atoms with Gasteiger partial charge in [-0.3, -0.25) is 14.5 Å². The van der Waals surface area contributed by atoms with E-state index in [4.69, 9.17) is 23.7 Å². The number of rotatable bonds is 13. The zero-order valence-corrected chi connectivity index (χ0v) is 26.0. The van der Waals surface area contributed by atoms with Gasteiger partial charge in [0.05, 0.1) is 45.2 Å². The average Bonchev–Trinajstić information content (AvgIpc) is 3.55. The second-order valence-electron chi connectivity index (χ2n) is 9.65. The molecule has 4 rings (SSSR count). The Labute approximate surface area is 259 Å². The van der Waals surface area contributed by atoms with E-state index < -0.39 is 29.5 Å². The highest BCUT2D eigenvalue weighted by atomic mass is 32.1. The Bertz CT molecular complexity index is 1570. The van der Waals surface area contributed by atoms with E-state index in [1.165, 1.54) is 27.4 Å². The number of carbonyl (C=O) groups is 3. The molecule has 3 aromatic rings. The smallest absolute Gasteiger partial charge is 0.350 e. The van der Waals surface area contributed by atoms with Crippen molar-refractivity contribution < 1.29 is 43.2 Å². The number of hydrogen-bond donors (Lipinski definition) is 1. The molecule has 1 amide bonds. The van der Waals surface area contributed by atoms with Gasteiger partial charge in [-0.2, -0.15) is 0 Å². The summed E-state index contributed by atoms with van der Waals surface area (Å²) in [6, 6.07) is 8.58. The summed E-state index contributed by atoms with van der Waals surface area (Å²) < 4.78 is 27.4. The van der Waals surface area contributed by atoms with Crippen LogP contribution in [-0.4, -0.2) is 62.3 Å². The van der Waals surface area contributed by atoms with E-state index in [9.17, 15) is 19.5 Å². The highest BCUT2D eigenvalue weighted by molar-refractivity contribution is 7.17.